The van der Waals surface area contributed by atoms with Crippen LogP contribution in [0.2, 0.25) is 0 Å². The predicted molar refractivity (Wildman–Crippen MR) is 156 cm³/mol. The topological polar surface area (TPSA) is 65.5 Å². The number of aryl methyl sites for hydroxylation is 3. The van der Waals surface area contributed by atoms with Gasteiger partial charge in [-0.05, 0) is 76.8 Å². The number of halogens is 3. The number of ketones is 1. The fourth-order valence-corrected chi connectivity index (χ4v) is 5.60. The van der Waals surface area contributed by atoms with E-state index in [0.29, 0.717) is 34.7 Å². The van der Waals surface area contributed by atoms with Gasteiger partial charge in [0.15, 0.2) is 11.4 Å². The minimum Gasteiger partial charge on any atom is -0.476 e. The van der Waals surface area contributed by atoms with Crippen LogP contribution in [-0.2, 0) is 28.5 Å². The molecule has 3 aromatic rings. The lowest BCUT2D eigenvalue weighted by atomic mass is 10.0. The smallest absolute Gasteiger partial charge is 0.417 e. The SMILES string of the molecule is CCCCCCc1nc(-c2ccccc2C(F)(F)F)sc1CCC(=O)c1ccc(OC(C)(C)C(=O)OCC)c(C)c1. The first kappa shape index (κ1) is 32.3. The number of hydrogen-bond donors (Lipinski definition) is 0. The number of alkyl halides is 3. The van der Waals surface area contributed by atoms with Crippen molar-refractivity contribution in [1.82, 2.24) is 4.98 Å². The van der Waals surface area contributed by atoms with Gasteiger partial charge in [0, 0.05) is 22.4 Å². The second kappa shape index (κ2) is 14.1. The fourth-order valence-electron chi connectivity index (χ4n) is 4.46. The fraction of sp³-hybridized carbons (Fsp3) is 0.469. The van der Waals surface area contributed by atoms with E-state index in [1.807, 2.05) is 0 Å². The van der Waals surface area contributed by atoms with Crippen molar-refractivity contribution in [1.29, 1.82) is 0 Å². The number of benzene rings is 2. The van der Waals surface area contributed by atoms with E-state index in [-0.39, 0.29) is 24.4 Å². The zero-order valence-corrected chi connectivity index (χ0v) is 25.1. The van der Waals surface area contributed by atoms with Crippen LogP contribution in [0, 0.1) is 6.92 Å². The predicted octanol–water partition coefficient (Wildman–Crippen LogP) is 8.80. The maximum Gasteiger partial charge on any atom is 0.417 e. The van der Waals surface area contributed by atoms with Gasteiger partial charge in [0.25, 0.3) is 0 Å². The molecule has 0 saturated carbocycles. The molecule has 0 spiro atoms. The Morgan fingerprint density at radius 3 is 2.37 bits per heavy atom. The highest BCUT2D eigenvalue weighted by atomic mass is 32.1. The second-order valence-corrected chi connectivity index (χ2v) is 11.6. The normalized spacial score (nSPS) is 11.9. The highest BCUT2D eigenvalue weighted by Crippen LogP contribution is 2.39. The summed E-state index contributed by atoms with van der Waals surface area (Å²) in [5.74, 6) is -0.0943. The zero-order valence-electron chi connectivity index (χ0n) is 24.3. The van der Waals surface area contributed by atoms with E-state index in [0.717, 1.165) is 42.3 Å². The van der Waals surface area contributed by atoms with E-state index < -0.39 is 23.3 Å². The van der Waals surface area contributed by atoms with Crippen LogP contribution in [0.3, 0.4) is 0 Å². The lowest BCUT2D eigenvalue weighted by molar-refractivity contribution is -0.158. The molecule has 0 fully saturated rings. The highest BCUT2D eigenvalue weighted by Gasteiger charge is 2.34. The Hall–Kier alpha value is -3.20. The number of carbonyl (C=O) groups is 2. The van der Waals surface area contributed by atoms with Gasteiger partial charge in [-0.15, -0.1) is 11.3 Å². The average molecular weight is 590 g/mol. The maximum atomic E-state index is 13.7. The largest absolute Gasteiger partial charge is 0.476 e. The first-order valence-corrected chi connectivity index (χ1v) is 14.8. The van der Waals surface area contributed by atoms with Crippen molar-refractivity contribution < 1.29 is 32.2 Å². The molecule has 0 amide bonds. The van der Waals surface area contributed by atoms with Gasteiger partial charge >= 0.3 is 12.1 Å². The number of Topliss-reactive ketones (excluding diaryl/α,β-unsaturated/α-hetero) is 1. The zero-order chi connectivity index (χ0) is 30.2. The molecule has 0 bridgehead atoms. The van der Waals surface area contributed by atoms with E-state index >= 15 is 0 Å². The summed E-state index contributed by atoms with van der Waals surface area (Å²) in [5, 5.41) is 0.326. The first-order valence-electron chi connectivity index (χ1n) is 14.0. The molecule has 0 unspecified atom stereocenters. The summed E-state index contributed by atoms with van der Waals surface area (Å²) in [5.41, 5.74) is 0.141. The van der Waals surface area contributed by atoms with Crippen LogP contribution in [-0.4, -0.2) is 28.9 Å². The third-order valence-corrected chi connectivity index (χ3v) is 7.91. The van der Waals surface area contributed by atoms with Gasteiger partial charge in [-0.25, -0.2) is 9.78 Å². The van der Waals surface area contributed by atoms with Crippen molar-refractivity contribution in [3.63, 3.8) is 0 Å². The first-order chi connectivity index (χ1) is 19.4. The molecule has 0 saturated heterocycles. The van der Waals surface area contributed by atoms with Gasteiger partial charge < -0.3 is 9.47 Å². The van der Waals surface area contributed by atoms with E-state index in [1.54, 1.807) is 52.0 Å². The number of aromatic nitrogens is 1. The number of carbonyl (C=O) groups excluding carboxylic acids is 2. The summed E-state index contributed by atoms with van der Waals surface area (Å²) in [6.07, 6.45) is 0.821. The Labute approximate surface area is 244 Å². The molecule has 9 heteroatoms. The molecule has 5 nitrogen and oxygen atoms in total. The summed E-state index contributed by atoms with van der Waals surface area (Å²) < 4.78 is 52.1. The van der Waals surface area contributed by atoms with Crippen LogP contribution in [0.5, 0.6) is 5.75 Å². The summed E-state index contributed by atoms with van der Waals surface area (Å²) in [4.78, 5) is 30.8. The van der Waals surface area contributed by atoms with Crippen LogP contribution < -0.4 is 4.74 Å². The summed E-state index contributed by atoms with van der Waals surface area (Å²) in [6.45, 7) is 9.14. The number of unbranched alkanes of at least 4 members (excludes halogenated alkanes) is 3. The number of esters is 1. The van der Waals surface area contributed by atoms with E-state index in [4.69, 9.17) is 9.47 Å². The third kappa shape index (κ3) is 8.64. The van der Waals surface area contributed by atoms with E-state index in [1.165, 1.54) is 23.5 Å². The van der Waals surface area contributed by atoms with Gasteiger partial charge in [-0.3, -0.25) is 4.79 Å². The Morgan fingerprint density at radius 1 is 0.976 bits per heavy atom. The second-order valence-electron chi connectivity index (χ2n) is 10.5. The minimum absolute atomic E-state index is 0.0642. The van der Waals surface area contributed by atoms with Crippen molar-refractivity contribution in [3.8, 4) is 16.3 Å². The monoisotopic (exact) mass is 589 g/mol. The van der Waals surface area contributed by atoms with Gasteiger partial charge in [0.05, 0.1) is 17.9 Å². The molecule has 222 valence electrons. The lowest BCUT2D eigenvalue weighted by Gasteiger charge is -2.25. The molecule has 1 heterocycles. The van der Waals surface area contributed by atoms with E-state index in [2.05, 4.69) is 11.9 Å². The highest BCUT2D eigenvalue weighted by molar-refractivity contribution is 7.15. The van der Waals surface area contributed by atoms with E-state index in [9.17, 15) is 22.8 Å². The maximum absolute atomic E-state index is 13.7. The quantitative estimate of drug-likeness (QED) is 0.107. The molecule has 41 heavy (non-hydrogen) atoms. The van der Waals surface area contributed by atoms with Crippen molar-refractivity contribution in [2.24, 2.45) is 0 Å². The van der Waals surface area contributed by atoms with Crippen molar-refractivity contribution in [3.05, 3.63) is 69.7 Å². The Balaban J connectivity index is 1.79. The van der Waals surface area contributed by atoms with Crippen LogP contribution in [0.1, 0.15) is 91.9 Å². The van der Waals surface area contributed by atoms with Gasteiger partial charge in [0.2, 0.25) is 0 Å². The Kier molecular flexibility index (Phi) is 11.1. The van der Waals surface area contributed by atoms with Crippen LogP contribution in [0.25, 0.3) is 10.6 Å². The molecule has 0 aliphatic heterocycles. The molecular formula is C32H38F3NO4S. The van der Waals surface area contributed by atoms with Crippen LogP contribution in [0.4, 0.5) is 13.2 Å². The molecule has 0 aliphatic rings. The van der Waals surface area contributed by atoms with Gasteiger partial charge in [-0.1, -0.05) is 44.4 Å². The molecular weight excluding hydrogens is 551 g/mol. The molecule has 0 N–H and O–H groups in total. The number of ether oxygens (including phenoxy) is 2. The summed E-state index contributed by atoms with van der Waals surface area (Å²) >= 11 is 1.24. The standard InChI is InChI=1S/C32H38F3NO4S/c1-6-8-9-10-15-25-28(41-29(36-25)23-13-11-12-14-24(23)32(33,34)35)19-17-26(37)22-16-18-27(21(3)20-22)40-31(4,5)30(38)39-7-2/h11-14,16,18,20H,6-10,15,17,19H2,1-5H3. The van der Waals surface area contributed by atoms with Gasteiger partial charge in [0.1, 0.15) is 10.8 Å². The Morgan fingerprint density at radius 2 is 1.71 bits per heavy atom. The molecule has 3 rings (SSSR count). The number of thiazole rings is 1. The van der Waals surface area contributed by atoms with Crippen molar-refractivity contribution in [2.45, 2.75) is 91.3 Å². The third-order valence-electron chi connectivity index (χ3n) is 6.72. The molecule has 0 atom stereocenters. The Bertz CT molecular complexity index is 1350. The summed E-state index contributed by atoms with van der Waals surface area (Å²) in [6, 6.07) is 10.5. The van der Waals surface area contributed by atoms with Crippen molar-refractivity contribution in [2.75, 3.05) is 6.61 Å². The van der Waals surface area contributed by atoms with Gasteiger partial charge in [-0.2, -0.15) is 13.2 Å². The molecule has 0 aliphatic carbocycles. The van der Waals surface area contributed by atoms with Crippen LogP contribution >= 0.6 is 11.3 Å². The average Bonchev–Trinajstić information content (AvgIpc) is 3.33. The molecule has 0 radical (unpaired) electrons. The minimum atomic E-state index is -4.49. The van der Waals surface area contributed by atoms with Crippen molar-refractivity contribution >= 4 is 23.1 Å². The van der Waals surface area contributed by atoms with Crippen LogP contribution in [0.15, 0.2) is 42.5 Å². The number of hydrogen-bond acceptors (Lipinski definition) is 6. The number of rotatable bonds is 14. The molecule has 1 aromatic heterocycles. The summed E-state index contributed by atoms with van der Waals surface area (Å²) in [7, 11) is 0. The number of nitrogens with zero attached hydrogens (tertiary/aromatic N) is 1. The molecule has 2 aromatic carbocycles. The lowest BCUT2D eigenvalue weighted by Crippen LogP contribution is -2.39.